The average molecular weight is 406 g/mol. The highest BCUT2D eigenvalue weighted by atomic mass is 35.5. The van der Waals surface area contributed by atoms with E-state index in [1.807, 2.05) is 30.5 Å². The summed E-state index contributed by atoms with van der Waals surface area (Å²) in [5, 5.41) is 3.51. The number of carbonyl (C=O) groups excluding carboxylic acids is 2. The Hall–Kier alpha value is -2.18. The second-order valence-electron chi connectivity index (χ2n) is 6.19. The van der Waals surface area contributed by atoms with Crippen LogP contribution in [-0.4, -0.2) is 43.6 Å². The van der Waals surface area contributed by atoms with E-state index < -0.39 is 0 Å². The van der Waals surface area contributed by atoms with Gasteiger partial charge in [-0.25, -0.2) is 4.79 Å². The highest BCUT2D eigenvalue weighted by Gasteiger charge is 2.27. The van der Waals surface area contributed by atoms with Gasteiger partial charge in [-0.2, -0.15) is 11.8 Å². The summed E-state index contributed by atoms with van der Waals surface area (Å²) in [6, 6.07) is 10.9. The van der Waals surface area contributed by atoms with Crippen molar-refractivity contribution >= 4 is 35.2 Å². The summed E-state index contributed by atoms with van der Waals surface area (Å²) in [4.78, 5) is 23.3. The van der Waals surface area contributed by atoms with Crippen LogP contribution in [0.2, 0.25) is 5.02 Å². The Bertz CT molecular complexity index is 854. The first-order valence-electron chi connectivity index (χ1n) is 8.45. The lowest BCUT2D eigenvalue weighted by Crippen LogP contribution is -2.35. The van der Waals surface area contributed by atoms with E-state index in [1.165, 1.54) is 18.9 Å². The molecule has 27 heavy (non-hydrogen) atoms. The van der Waals surface area contributed by atoms with Crippen molar-refractivity contribution in [3.63, 3.8) is 0 Å². The first-order valence-corrected chi connectivity index (χ1v) is 10.2. The van der Waals surface area contributed by atoms with Crippen LogP contribution in [0.4, 0.5) is 0 Å². The van der Waals surface area contributed by atoms with Gasteiger partial charge < -0.3 is 14.8 Å². The van der Waals surface area contributed by atoms with Gasteiger partial charge in [0.25, 0.3) is 0 Å². The Morgan fingerprint density at radius 2 is 2.04 bits per heavy atom. The van der Waals surface area contributed by atoms with Gasteiger partial charge in [0.05, 0.1) is 25.0 Å². The first-order chi connectivity index (χ1) is 13.0. The number of esters is 1. The van der Waals surface area contributed by atoms with E-state index in [4.69, 9.17) is 21.1 Å². The van der Waals surface area contributed by atoms with E-state index in [0.29, 0.717) is 29.3 Å². The van der Waals surface area contributed by atoms with Gasteiger partial charge in [-0.1, -0.05) is 23.7 Å². The molecule has 0 spiro atoms. The number of halogens is 1. The number of fused-ring (bicyclic) bond motifs is 1. The quantitative estimate of drug-likeness (QED) is 0.744. The highest BCUT2D eigenvalue weighted by Crippen LogP contribution is 2.41. The largest absolute Gasteiger partial charge is 0.487 e. The summed E-state index contributed by atoms with van der Waals surface area (Å²) in [6.07, 6.45) is 2.45. The number of ether oxygens (including phenoxy) is 2. The van der Waals surface area contributed by atoms with E-state index in [1.54, 1.807) is 12.1 Å². The van der Waals surface area contributed by atoms with Crippen molar-refractivity contribution in [2.24, 2.45) is 0 Å². The van der Waals surface area contributed by atoms with Gasteiger partial charge >= 0.3 is 5.97 Å². The standard InChI is InChI=1S/C20H20ClNO4S/c1-25-20(24)13-5-3-12(4-6-13)17-9-15(21)7-14-8-16(26-19(14)17)10-22-18(23)11-27-2/h3-7,9,16H,8,10-11H2,1-2H3,(H,22,23). The Morgan fingerprint density at radius 3 is 2.70 bits per heavy atom. The summed E-state index contributed by atoms with van der Waals surface area (Å²) >= 11 is 7.78. The van der Waals surface area contributed by atoms with Gasteiger partial charge in [-0.3, -0.25) is 4.79 Å². The summed E-state index contributed by atoms with van der Waals surface area (Å²) < 4.78 is 10.8. The first kappa shape index (κ1) is 19.6. The molecule has 142 valence electrons. The second kappa shape index (κ2) is 8.67. The summed E-state index contributed by atoms with van der Waals surface area (Å²) in [5.41, 5.74) is 3.26. The number of rotatable bonds is 6. The number of hydrogen-bond acceptors (Lipinski definition) is 5. The lowest BCUT2D eigenvalue weighted by Gasteiger charge is -2.14. The van der Waals surface area contributed by atoms with Crippen molar-refractivity contribution in [2.75, 3.05) is 25.7 Å². The second-order valence-corrected chi connectivity index (χ2v) is 7.49. The van der Waals surface area contributed by atoms with Gasteiger partial charge in [-0.15, -0.1) is 0 Å². The molecule has 1 N–H and O–H groups in total. The van der Waals surface area contributed by atoms with Crippen molar-refractivity contribution in [2.45, 2.75) is 12.5 Å². The van der Waals surface area contributed by atoms with Crippen molar-refractivity contribution in [1.82, 2.24) is 5.32 Å². The fourth-order valence-electron chi connectivity index (χ4n) is 3.04. The van der Waals surface area contributed by atoms with Crippen LogP contribution in [0, 0.1) is 0 Å². The van der Waals surface area contributed by atoms with Crippen LogP contribution in [-0.2, 0) is 16.0 Å². The third-order valence-corrected chi connectivity index (χ3v) is 5.05. The number of methoxy groups -OCH3 is 1. The SMILES string of the molecule is COC(=O)c1ccc(-c2cc(Cl)cc3c2OC(CNC(=O)CSC)C3)cc1. The molecule has 1 unspecified atom stereocenters. The molecule has 1 amide bonds. The molecular formula is C20H20ClNO4S. The Balaban J connectivity index is 1.80. The van der Waals surface area contributed by atoms with E-state index >= 15 is 0 Å². The third-order valence-electron chi connectivity index (χ3n) is 4.28. The number of nitrogens with one attached hydrogen (secondary N) is 1. The van der Waals surface area contributed by atoms with Crippen LogP contribution in [0.1, 0.15) is 15.9 Å². The average Bonchev–Trinajstić information content (AvgIpc) is 3.08. The van der Waals surface area contributed by atoms with E-state index in [2.05, 4.69) is 5.32 Å². The topological polar surface area (TPSA) is 64.6 Å². The van der Waals surface area contributed by atoms with Crippen LogP contribution in [0.15, 0.2) is 36.4 Å². The van der Waals surface area contributed by atoms with Gasteiger partial charge in [0.15, 0.2) is 0 Å². The van der Waals surface area contributed by atoms with E-state index in [0.717, 1.165) is 22.4 Å². The molecule has 0 radical (unpaired) electrons. The maximum atomic E-state index is 11.7. The van der Waals surface area contributed by atoms with Gasteiger partial charge in [0.2, 0.25) is 5.91 Å². The van der Waals surface area contributed by atoms with Crippen LogP contribution in [0.3, 0.4) is 0 Å². The smallest absolute Gasteiger partial charge is 0.337 e. The zero-order valence-corrected chi connectivity index (χ0v) is 16.7. The fraction of sp³-hybridized carbons (Fsp3) is 0.300. The summed E-state index contributed by atoms with van der Waals surface area (Å²) in [5.74, 6) is 0.826. The molecule has 7 heteroatoms. The molecule has 0 saturated heterocycles. The normalized spacial score (nSPS) is 15.0. The number of carbonyl (C=O) groups is 2. The lowest BCUT2D eigenvalue weighted by atomic mass is 9.99. The van der Waals surface area contributed by atoms with Crippen LogP contribution >= 0.6 is 23.4 Å². The maximum absolute atomic E-state index is 11.7. The van der Waals surface area contributed by atoms with E-state index in [9.17, 15) is 9.59 Å². The number of hydrogen-bond donors (Lipinski definition) is 1. The Morgan fingerprint density at radius 1 is 1.30 bits per heavy atom. The summed E-state index contributed by atoms with van der Waals surface area (Å²) in [7, 11) is 1.35. The molecule has 5 nitrogen and oxygen atoms in total. The van der Waals surface area contributed by atoms with E-state index in [-0.39, 0.29) is 18.0 Å². The molecule has 0 aromatic heterocycles. The third kappa shape index (κ3) is 4.57. The molecule has 2 aromatic carbocycles. The molecule has 1 heterocycles. The van der Waals surface area contributed by atoms with Crippen molar-refractivity contribution in [3.05, 3.63) is 52.5 Å². The minimum Gasteiger partial charge on any atom is -0.487 e. The number of benzene rings is 2. The zero-order valence-electron chi connectivity index (χ0n) is 15.1. The van der Waals surface area contributed by atoms with Gasteiger partial charge in [0, 0.05) is 22.6 Å². The van der Waals surface area contributed by atoms with Crippen LogP contribution < -0.4 is 10.1 Å². The van der Waals surface area contributed by atoms with Gasteiger partial charge in [-0.05, 0) is 36.1 Å². The van der Waals surface area contributed by atoms with Crippen molar-refractivity contribution in [3.8, 4) is 16.9 Å². The minimum absolute atomic E-state index is 0.00119. The van der Waals surface area contributed by atoms with Gasteiger partial charge in [0.1, 0.15) is 11.9 Å². The number of amides is 1. The Kier molecular flexibility index (Phi) is 6.29. The molecular weight excluding hydrogens is 386 g/mol. The monoisotopic (exact) mass is 405 g/mol. The molecule has 1 aliphatic heterocycles. The van der Waals surface area contributed by atoms with Crippen molar-refractivity contribution < 1.29 is 19.1 Å². The predicted molar refractivity (Wildman–Crippen MR) is 108 cm³/mol. The molecule has 2 aromatic rings. The molecule has 0 aliphatic carbocycles. The van der Waals surface area contributed by atoms with Crippen LogP contribution in [0.25, 0.3) is 11.1 Å². The van der Waals surface area contributed by atoms with Crippen LogP contribution in [0.5, 0.6) is 5.75 Å². The highest BCUT2D eigenvalue weighted by molar-refractivity contribution is 7.99. The minimum atomic E-state index is -0.379. The lowest BCUT2D eigenvalue weighted by molar-refractivity contribution is -0.118. The molecule has 1 atom stereocenters. The molecule has 3 rings (SSSR count). The van der Waals surface area contributed by atoms with Crippen molar-refractivity contribution in [1.29, 1.82) is 0 Å². The molecule has 0 fully saturated rings. The fourth-order valence-corrected chi connectivity index (χ4v) is 3.64. The Labute approximate surface area is 167 Å². The molecule has 1 aliphatic rings. The number of thioether (sulfide) groups is 1. The maximum Gasteiger partial charge on any atom is 0.337 e. The summed E-state index contributed by atoms with van der Waals surface area (Å²) in [6.45, 7) is 0.451. The predicted octanol–water partition coefficient (Wildman–Crippen LogP) is 3.58. The molecule has 0 bridgehead atoms. The zero-order chi connectivity index (χ0) is 19.4. The molecule has 0 saturated carbocycles.